The van der Waals surface area contributed by atoms with Crippen LogP contribution in [-0.2, 0) is 14.3 Å². The Hall–Kier alpha value is -2.86. The van der Waals surface area contributed by atoms with Gasteiger partial charge in [-0.05, 0) is 36.8 Å². The number of methoxy groups -OCH3 is 1. The van der Waals surface area contributed by atoms with E-state index in [9.17, 15) is 9.59 Å². The van der Waals surface area contributed by atoms with Gasteiger partial charge in [0.05, 0.1) is 19.4 Å². The van der Waals surface area contributed by atoms with E-state index in [-0.39, 0.29) is 25.0 Å². The van der Waals surface area contributed by atoms with Crippen molar-refractivity contribution in [3.63, 3.8) is 0 Å². The lowest BCUT2D eigenvalue weighted by atomic mass is 9.82. The van der Waals surface area contributed by atoms with Crippen LogP contribution in [0.1, 0.15) is 12.5 Å². The molecule has 0 aromatic heterocycles. The molecule has 1 amide bonds. The Kier molecular flexibility index (Phi) is 5.46. The summed E-state index contributed by atoms with van der Waals surface area (Å²) in [6.45, 7) is 2.06. The van der Waals surface area contributed by atoms with Crippen molar-refractivity contribution in [2.45, 2.75) is 6.92 Å². The van der Waals surface area contributed by atoms with Crippen molar-refractivity contribution >= 4 is 34.9 Å². The highest BCUT2D eigenvalue weighted by atomic mass is 35.5. The lowest BCUT2D eigenvalue weighted by Crippen LogP contribution is -2.41. The number of amides is 1. The molecule has 6 nitrogen and oxygen atoms in total. The fourth-order valence-corrected chi connectivity index (χ4v) is 3.20. The van der Waals surface area contributed by atoms with Crippen molar-refractivity contribution in [3.8, 4) is 0 Å². The number of nitrogens with one attached hydrogen (secondary N) is 1. The molecule has 0 bridgehead atoms. The third-order valence-corrected chi connectivity index (χ3v) is 4.65. The van der Waals surface area contributed by atoms with Crippen LogP contribution >= 0.6 is 11.6 Å². The number of ether oxygens (including phenoxy) is 1. The number of hydrogen-bond acceptors (Lipinski definition) is 5. The van der Waals surface area contributed by atoms with E-state index in [1.807, 2.05) is 30.3 Å². The lowest BCUT2D eigenvalue weighted by molar-refractivity contribution is -0.148. The van der Waals surface area contributed by atoms with E-state index in [0.717, 1.165) is 5.56 Å². The van der Waals surface area contributed by atoms with E-state index >= 15 is 0 Å². The van der Waals surface area contributed by atoms with Crippen molar-refractivity contribution in [1.82, 2.24) is 5.01 Å². The highest BCUT2D eigenvalue weighted by Crippen LogP contribution is 2.32. The van der Waals surface area contributed by atoms with Gasteiger partial charge in [-0.2, -0.15) is 5.10 Å². The van der Waals surface area contributed by atoms with Gasteiger partial charge >= 0.3 is 5.97 Å². The predicted octanol–water partition coefficient (Wildman–Crippen LogP) is 3.18. The lowest BCUT2D eigenvalue weighted by Gasteiger charge is -2.23. The highest BCUT2D eigenvalue weighted by Gasteiger charge is 2.47. The molecule has 0 radical (unpaired) electrons. The average Bonchev–Trinajstić information content (AvgIpc) is 3.00. The Morgan fingerprint density at radius 3 is 2.48 bits per heavy atom. The summed E-state index contributed by atoms with van der Waals surface area (Å²) >= 11 is 5.85. The van der Waals surface area contributed by atoms with Crippen LogP contribution in [0.2, 0.25) is 5.02 Å². The number of halogens is 1. The maximum Gasteiger partial charge on any atom is 0.319 e. The van der Waals surface area contributed by atoms with Crippen LogP contribution in [-0.4, -0.2) is 42.8 Å². The van der Waals surface area contributed by atoms with E-state index in [0.29, 0.717) is 16.4 Å². The third-order valence-electron chi connectivity index (χ3n) is 4.40. The second-order valence-electron chi connectivity index (χ2n) is 6.52. The summed E-state index contributed by atoms with van der Waals surface area (Å²) in [4.78, 5) is 24.8. The van der Waals surface area contributed by atoms with Crippen molar-refractivity contribution in [1.29, 1.82) is 0 Å². The summed E-state index contributed by atoms with van der Waals surface area (Å²) in [7, 11) is 1.35. The molecule has 1 heterocycles. The second kappa shape index (κ2) is 7.80. The van der Waals surface area contributed by atoms with Crippen molar-refractivity contribution in [3.05, 3.63) is 65.2 Å². The Morgan fingerprint density at radius 1 is 1.19 bits per heavy atom. The fourth-order valence-electron chi connectivity index (χ4n) is 3.08. The molecule has 1 atom stereocenters. The van der Waals surface area contributed by atoms with Crippen molar-refractivity contribution in [2.24, 2.45) is 10.5 Å². The maximum absolute atomic E-state index is 12.4. The van der Waals surface area contributed by atoms with Crippen LogP contribution < -0.4 is 5.32 Å². The van der Waals surface area contributed by atoms with Crippen LogP contribution in [0.3, 0.4) is 0 Å². The van der Waals surface area contributed by atoms with Gasteiger partial charge < -0.3 is 10.1 Å². The molecule has 140 valence electrons. The van der Waals surface area contributed by atoms with Gasteiger partial charge in [0, 0.05) is 10.7 Å². The zero-order valence-electron chi connectivity index (χ0n) is 15.1. The van der Waals surface area contributed by atoms with E-state index in [1.54, 1.807) is 36.2 Å². The number of carbonyl (C=O) groups excluding carboxylic acids is 2. The smallest absolute Gasteiger partial charge is 0.319 e. The summed E-state index contributed by atoms with van der Waals surface area (Å²) < 4.78 is 4.99. The Bertz CT molecular complexity index is 868. The Labute approximate surface area is 162 Å². The van der Waals surface area contributed by atoms with Crippen molar-refractivity contribution in [2.75, 3.05) is 25.5 Å². The molecule has 1 N–H and O–H groups in total. The monoisotopic (exact) mass is 385 g/mol. The highest BCUT2D eigenvalue weighted by molar-refractivity contribution is 6.30. The molecule has 0 spiro atoms. The van der Waals surface area contributed by atoms with Crippen LogP contribution in [0.5, 0.6) is 0 Å². The largest absolute Gasteiger partial charge is 0.468 e. The predicted molar refractivity (Wildman–Crippen MR) is 105 cm³/mol. The van der Waals surface area contributed by atoms with Crippen LogP contribution in [0, 0.1) is 5.41 Å². The first-order valence-corrected chi connectivity index (χ1v) is 8.83. The molecule has 3 rings (SSSR count). The average molecular weight is 386 g/mol. The molecule has 0 aliphatic carbocycles. The Balaban J connectivity index is 1.78. The normalized spacial score (nSPS) is 18.8. The minimum Gasteiger partial charge on any atom is -0.468 e. The molecule has 0 fully saturated rings. The molecular formula is C20H20ClN3O3. The summed E-state index contributed by atoms with van der Waals surface area (Å²) in [6, 6.07) is 16.3. The molecule has 27 heavy (non-hydrogen) atoms. The van der Waals surface area contributed by atoms with Gasteiger partial charge in [0.25, 0.3) is 0 Å². The second-order valence-corrected chi connectivity index (χ2v) is 6.95. The third kappa shape index (κ3) is 4.11. The first-order valence-electron chi connectivity index (χ1n) is 8.45. The van der Waals surface area contributed by atoms with Gasteiger partial charge in [-0.25, -0.2) is 0 Å². The van der Waals surface area contributed by atoms with E-state index in [2.05, 4.69) is 10.4 Å². The quantitative estimate of drug-likeness (QED) is 0.802. The first-order chi connectivity index (χ1) is 12.9. The van der Waals surface area contributed by atoms with Crippen LogP contribution in [0.25, 0.3) is 0 Å². The zero-order chi connectivity index (χ0) is 19.4. The summed E-state index contributed by atoms with van der Waals surface area (Å²) in [5, 5.41) is 9.52. The van der Waals surface area contributed by atoms with Crippen LogP contribution in [0.15, 0.2) is 59.7 Å². The number of hydrogen-bond donors (Lipinski definition) is 1. The first kappa shape index (κ1) is 18.9. The van der Waals surface area contributed by atoms with E-state index in [4.69, 9.17) is 16.3 Å². The summed E-state index contributed by atoms with van der Waals surface area (Å²) in [5.41, 5.74) is 1.11. The van der Waals surface area contributed by atoms with Gasteiger partial charge in [-0.1, -0.05) is 41.9 Å². The number of carbonyl (C=O) groups is 2. The molecule has 1 unspecified atom stereocenters. The van der Waals surface area contributed by atoms with Crippen molar-refractivity contribution < 1.29 is 14.3 Å². The number of esters is 1. The molecule has 0 saturated carbocycles. The van der Waals surface area contributed by atoms with Gasteiger partial charge in [0.1, 0.15) is 12.0 Å². The zero-order valence-corrected chi connectivity index (χ0v) is 15.9. The van der Waals surface area contributed by atoms with Gasteiger partial charge in [-0.15, -0.1) is 0 Å². The van der Waals surface area contributed by atoms with Crippen LogP contribution in [0.4, 0.5) is 5.69 Å². The molecule has 2 aromatic rings. The number of rotatable bonds is 5. The number of nitrogens with zero attached hydrogens (tertiary/aromatic N) is 2. The number of benzene rings is 2. The van der Waals surface area contributed by atoms with Gasteiger partial charge in [0.15, 0.2) is 0 Å². The molecule has 7 heteroatoms. The Morgan fingerprint density at radius 2 is 1.85 bits per heavy atom. The van der Waals surface area contributed by atoms with E-state index < -0.39 is 5.41 Å². The molecule has 1 aliphatic rings. The molecular weight excluding hydrogens is 366 g/mol. The maximum atomic E-state index is 12.4. The van der Waals surface area contributed by atoms with Gasteiger partial charge in [0.2, 0.25) is 5.91 Å². The molecule has 0 saturated heterocycles. The SMILES string of the molecule is COC(=O)C1(C)CN(CC(=O)Nc2ccc(Cl)cc2)N=C1c1ccccc1. The number of hydrazone groups is 1. The summed E-state index contributed by atoms with van der Waals surface area (Å²) in [5.74, 6) is -0.617. The molecule has 2 aromatic carbocycles. The minimum absolute atomic E-state index is 0.0194. The number of anilines is 1. The minimum atomic E-state index is -0.948. The summed E-state index contributed by atoms with van der Waals surface area (Å²) in [6.07, 6.45) is 0. The van der Waals surface area contributed by atoms with Gasteiger partial charge in [-0.3, -0.25) is 14.6 Å². The molecule has 1 aliphatic heterocycles. The van der Waals surface area contributed by atoms with E-state index in [1.165, 1.54) is 7.11 Å². The topological polar surface area (TPSA) is 71.0 Å². The standard InChI is InChI=1S/C20H20ClN3O3/c1-20(19(26)27-2)13-24(23-18(20)14-6-4-3-5-7-14)12-17(25)22-16-10-8-15(21)9-11-16/h3-11H,12-13H2,1-2H3,(H,22,25). The fraction of sp³-hybridized carbons (Fsp3) is 0.250.